The maximum Gasteiger partial charge on any atom is 0.0724 e. The van der Waals surface area contributed by atoms with Crippen LogP contribution in [0.3, 0.4) is 0 Å². The smallest absolute Gasteiger partial charge is 0.0724 e. The highest BCUT2D eigenvalue weighted by Gasteiger charge is 2.17. The maximum absolute atomic E-state index is 4.50. The SMILES string of the molecule is Cc1ccc(-c2ccccc2)cc1-c1ccccc1Cc1ccc(-n2c3ccccc3c3cc(-n4c5ccccc5c5ccncc54)ccc32)cc1. The number of hydrogen-bond donors (Lipinski definition) is 0. The van der Waals surface area contributed by atoms with Gasteiger partial charge in [0.2, 0.25) is 0 Å². The molecule has 10 rings (SSSR count). The minimum absolute atomic E-state index is 0.857. The molecule has 7 aromatic carbocycles. The van der Waals surface area contributed by atoms with Crippen LogP contribution in [-0.4, -0.2) is 14.1 Å². The Hall–Kier alpha value is -6.71. The molecule has 0 saturated heterocycles. The first kappa shape index (κ1) is 30.1. The third-order valence-electron chi connectivity index (χ3n) is 10.6. The second-order valence-corrected chi connectivity index (χ2v) is 13.7. The van der Waals surface area contributed by atoms with Crippen molar-refractivity contribution in [2.45, 2.75) is 13.3 Å². The third kappa shape index (κ3) is 4.93. The van der Waals surface area contributed by atoms with Crippen molar-refractivity contribution in [3.8, 4) is 33.6 Å². The predicted octanol–water partition coefficient (Wildman–Crippen LogP) is 12.5. The molecule has 0 aliphatic carbocycles. The summed E-state index contributed by atoms with van der Waals surface area (Å²) in [7, 11) is 0. The van der Waals surface area contributed by atoms with Crippen LogP contribution in [0.2, 0.25) is 0 Å². The topological polar surface area (TPSA) is 22.8 Å². The molecule has 0 amide bonds. The van der Waals surface area contributed by atoms with Crippen LogP contribution in [0.4, 0.5) is 0 Å². The molecule has 0 aliphatic rings. The van der Waals surface area contributed by atoms with Gasteiger partial charge in [0.05, 0.1) is 28.3 Å². The largest absolute Gasteiger partial charge is 0.309 e. The molecule has 0 bridgehead atoms. The Balaban J connectivity index is 1.03. The van der Waals surface area contributed by atoms with E-state index >= 15 is 0 Å². The van der Waals surface area contributed by atoms with Crippen LogP contribution in [-0.2, 0) is 6.42 Å². The zero-order chi connectivity index (χ0) is 34.6. The Bertz CT molecular complexity index is 2870. The van der Waals surface area contributed by atoms with Gasteiger partial charge in [0.25, 0.3) is 0 Å². The first-order valence-corrected chi connectivity index (χ1v) is 17.9. The monoisotopic (exact) mass is 665 g/mol. The fraction of sp³-hybridized carbons (Fsp3) is 0.0408. The van der Waals surface area contributed by atoms with Gasteiger partial charge in [0, 0.05) is 39.1 Å². The van der Waals surface area contributed by atoms with E-state index in [2.05, 4.69) is 191 Å². The average molecular weight is 666 g/mol. The van der Waals surface area contributed by atoms with E-state index in [-0.39, 0.29) is 0 Å². The molecule has 3 heteroatoms. The molecule has 0 unspecified atom stereocenters. The lowest BCUT2D eigenvalue weighted by molar-refractivity contribution is 1.14. The van der Waals surface area contributed by atoms with Crippen LogP contribution in [0.5, 0.6) is 0 Å². The van der Waals surface area contributed by atoms with Gasteiger partial charge in [-0.1, -0.05) is 115 Å². The molecule has 0 aliphatic heterocycles. The fourth-order valence-electron chi connectivity index (χ4n) is 8.12. The van der Waals surface area contributed by atoms with Crippen molar-refractivity contribution >= 4 is 43.6 Å². The van der Waals surface area contributed by atoms with Crippen molar-refractivity contribution in [3.63, 3.8) is 0 Å². The van der Waals surface area contributed by atoms with Crippen molar-refractivity contribution in [2.24, 2.45) is 0 Å². The molecule has 0 spiro atoms. The summed E-state index contributed by atoms with van der Waals surface area (Å²) in [4.78, 5) is 4.50. The highest BCUT2D eigenvalue weighted by Crippen LogP contribution is 2.37. The number of aryl methyl sites for hydroxylation is 1. The van der Waals surface area contributed by atoms with Gasteiger partial charge < -0.3 is 9.13 Å². The number of pyridine rings is 1. The molecular formula is C49H35N3. The van der Waals surface area contributed by atoms with Crippen molar-refractivity contribution < 1.29 is 0 Å². The predicted molar refractivity (Wildman–Crippen MR) is 218 cm³/mol. The van der Waals surface area contributed by atoms with Gasteiger partial charge in [-0.15, -0.1) is 0 Å². The number of fused-ring (bicyclic) bond motifs is 6. The highest BCUT2D eigenvalue weighted by atomic mass is 15.0. The van der Waals surface area contributed by atoms with Crippen molar-refractivity contribution in [2.75, 3.05) is 0 Å². The number of rotatable bonds is 6. The first-order chi connectivity index (χ1) is 25.7. The first-order valence-electron chi connectivity index (χ1n) is 17.9. The summed E-state index contributed by atoms with van der Waals surface area (Å²) >= 11 is 0. The molecule has 0 N–H and O–H groups in total. The van der Waals surface area contributed by atoms with Crippen molar-refractivity contribution in [3.05, 3.63) is 199 Å². The van der Waals surface area contributed by atoms with Crippen LogP contribution in [0.1, 0.15) is 16.7 Å². The molecule has 0 radical (unpaired) electrons. The van der Waals surface area contributed by atoms with Crippen LogP contribution >= 0.6 is 0 Å². The van der Waals surface area contributed by atoms with E-state index in [9.17, 15) is 0 Å². The van der Waals surface area contributed by atoms with Crippen molar-refractivity contribution in [1.29, 1.82) is 0 Å². The minimum atomic E-state index is 0.857. The number of hydrogen-bond acceptors (Lipinski definition) is 1. The second-order valence-electron chi connectivity index (χ2n) is 13.7. The fourth-order valence-corrected chi connectivity index (χ4v) is 8.12. The summed E-state index contributed by atoms with van der Waals surface area (Å²) in [5.74, 6) is 0. The third-order valence-corrected chi connectivity index (χ3v) is 10.6. The quantitative estimate of drug-likeness (QED) is 0.173. The molecule has 246 valence electrons. The molecule has 3 aromatic heterocycles. The highest BCUT2D eigenvalue weighted by molar-refractivity contribution is 6.12. The second kappa shape index (κ2) is 12.3. The molecule has 3 heterocycles. The lowest BCUT2D eigenvalue weighted by Crippen LogP contribution is -1.97. The van der Waals surface area contributed by atoms with E-state index in [0.717, 1.165) is 23.3 Å². The molecular weight excluding hydrogens is 631 g/mol. The van der Waals surface area contributed by atoms with Crippen LogP contribution in [0.15, 0.2) is 182 Å². The maximum atomic E-state index is 4.50. The van der Waals surface area contributed by atoms with Crippen molar-refractivity contribution in [1.82, 2.24) is 14.1 Å². The van der Waals surface area contributed by atoms with Gasteiger partial charge in [0.1, 0.15) is 0 Å². The molecule has 52 heavy (non-hydrogen) atoms. The molecule has 10 aromatic rings. The molecule has 3 nitrogen and oxygen atoms in total. The van der Waals surface area contributed by atoms with E-state index < -0.39 is 0 Å². The van der Waals surface area contributed by atoms with Crippen LogP contribution in [0, 0.1) is 6.92 Å². The molecule has 0 fully saturated rings. The zero-order valence-electron chi connectivity index (χ0n) is 28.9. The van der Waals surface area contributed by atoms with E-state index in [1.54, 1.807) is 0 Å². The summed E-state index contributed by atoms with van der Waals surface area (Å²) in [6.45, 7) is 2.21. The Morgan fingerprint density at radius 1 is 0.442 bits per heavy atom. The Morgan fingerprint density at radius 2 is 1.08 bits per heavy atom. The summed E-state index contributed by atoms with van der Waals surface area (Å²) in [6, 6.07) is 61.8. The normalized spacial score (nSPS) is 11.6. The number of aromatic nitrogens is 3. The van der Waals surface area contributed by atoms with Gasteiger partial charge in [-0.3, -0.25) is 4.98 Å². The zero-order valence-corrected chi connectivity index (χ0v) is 28.9. The van der Waals surface area contributed by atoms with Gasteiger partial charge in [-0.2, -0.15) is 0 Å². The molecule has 0 atom stereocenters. The van der Waals surface area contributed by atoms with E-state index in [4.69, 9.17) is 0 Å². The van der Waals surface area contributed by atoms with Gasteiger partial charge >= 0.3 is 0 Å². The number of nitrogens with zero attached hydrogens (tertiary/aromatic N) is 3. The standard InChI is InChI=1S/C49H35N3/c1-33-19-22-36(35-11-3-2-4-12-35)30-44(33)40-14-6-5-13-37(40)29-34-20-23-38(24-21-34)51-47-18-10-8-16-42(47)45-31-39(25-26-48(45)51)52-46-17-9-7-15-41(46)43-27-28-50-32-49(43)52/h2-28,30-32H,29H2,1H3. The lowest BCUT2D eigenvalue weighted by atomic mass is 9.90. The van der Waals surface area contributed by atoms with E-state index in [0.29, 0.717) is 0 Å². The minimum Gasteiger partial charge on any atom is -0.309 e. The number of para-hydroxylation sites is 2. The number of benzene rings is 7. The Kier molecular flexibility index (Phi) is 7.10. The summed E-state index contributed by atoms with van der Waals surface area (Å²) in [6.07, 6.45) is 4.72. The lowest BCUT2D eigenvalue weighted by Gasteiger charge is -2.15. The average Bonchev–Trinajstić information content (AvgIpc) is 3.72. The Labute approximate surface area is 302 Å². The summed E-state index contributed by atoms with van der Waals surface area (Å²) < 4.78 is 4.74. The van der Waals surface area contributed by atoms with Crippen LogP contribution in [0.25, 0.3) is 77.2 Å². The van der Waals surface area contributed by atoms with E-state index in [1.165, 1.54) is 77.0 Å². The molecule has 0 saturated carbocycles. The van der Waals surface area contributed by atoms with E-state index in [1.807, 2.05) is 12.4 Å². The van der Waals surface area contributed by atoms with Crippen LogP contribution < -0.4 is 0 Å². The van der Waals surface area contributed by atoms with Gasteiger partial charge in [-0.25, -0.2) is 0 Å². The summed E-state index contributed by atoms with van der Waals surface area (Å²) in [5, 5.41) is 4.92. The van der Waals surface area contributed by atoms with Gasteiger partial charge in [-0.05, 0) is 107 Å². The summed E-state index contributed by atoms with van der Waals surface area (Å²) in [5.41, 5.74) is 15.9. The Morgan fingerprint density at radius 3 is 1.88 bits per heavy atom. The van der Waals surface area contributed by atoms with Gasteiger partial charge in [0.15, 0.2) is 0 Å².